The SMILES string of the molecule is O=C(Cc1ncc(Br)cn1)N1CCN(C(=O)c2cccc(OCCC3CCCCC3)c2)CC1. The van der Waals surface area contributed by atoms with Crippen molar-refractivity contribution in [2.24, 2.45) is 5.92 Å². The molecular formula is C25H31BrN4O3. The highest BCUT2D eigenvalue weighted by Gasteiger charge is 2.25. The molecule has 1 aliphatic carbocycles. The van der Waals surface area contributed by atoms with Gasteiger partial charge in [-0.3, -0.25) is 9.59 Å². The Kier molecular flexibility index (Phi) is 8.31. The molecule has 1 saturated heterocycles. The third-order valence-corrected chi connectivity index (χ3v) is 6.91. The molecule has 8 heteroatoms. The van der Waals surface area contributed by atoms with E-state index in [4.69, 9.17) is 4.74 Å². The van der Waals surface area contributed by atoms with Gasteiger partial charge in [-0.25, -0.2) is 9.97 Å². The summed E-state index contributed by atoms with van der Waals surface area (Å²) >= 11 is 3.29. The number of aromatic nitrogens is 2. The van der Waals surface area contributed by atoms with E-state index in [1.54, 1.807) is 22.2 Å². The van der Waals surface area contributed by atoms with Crippen molar-refractivity contribution >= 4 is 27.7 Å². The van der Waals surface area contributed by atoms with Gasteiger partial charge in [-0.05, 0) is 46.5 Å². The first-order chi connectivity index (χ1) is 16.1. The van der Waals surface area contributed by atoms with Crippen LogP contribution in [0.2, 0.25) is 0 Å². The Morgan fingerprint density at radius 3 is 2.42 bits per heavy atom. The van der Waals surface area contributed by atoms with Crippen LogP contribution in [0.25, 0.3) is 0 Å². The van der Waals surface area contributed by atoms with Gasteiger partial charge in [-0.2, -0.15) is 0 Å². The van der Waals surface area contributed by atoms with Crippen LogP contribution in [-0.4, -0.2) is 64.4 Å². The lowest BCUT2D eigenvalue weighted by atomic mass is 9.87. The molecule has 1 aromatic carbocycles. The predicted octanol–water partition coefficient (Wildman–Crippen LogP) is 4.12. The zero-order valence-corrected chi connectivity index (χ0v) is 20.5. The number of carbonyl (C=O) groups is 2. The maximum Gasteiger partial charge on any atom is 0.254 e. The van der Waals surface area contributed by atoms with Crippen molar-refractivity contribution < 1.29 is 14.3 Å². The molecular weight excluding hydrogens is 484 g/mol. The lowest BCUT2D eigenvalue weighted by Crippen LogP contribution is -2.51. The summed E-state index contributed by atoms with van der Waals surface area (Å²) in [5.41, 5.74) is 0.633. The zero-order chi connectivity index (χ0) is 23.0. The van der Waals surface area contributed by atoms with Crippen LogP contribution in [0.15, 0.2) is 41.1 Å². The lowest BCUT2D eigenvalue weighted by molar-refractivity contribution is -0.132. The standard InChI is InChI=1S/C25H31BrN4O3/c26-21-17-27-23(28-18-21)16-24(31)29-10-12-30(13-11-29)25(32)20-7-4-8-22(15-20)33-14-9-19-5-2-1-3-6-19/h4,7-8,15,17-19H,1-3,5-6,9-14,16H2. The molecule has 4 rings (SSSR count). The Hall–Kier alpha value is -2.48. The van der Waals surface area contributed by atoms with Crippen molar-refractivity contribution in [3.63, 3.8) is 0 Å². The third-order valence-electron chi connectivity index (χ3n) is 6.50. The summed E-state index contributed by atoms with van der Waals surface area (Å²) in [7, 11) is 0. The van der Waals surface area contributed by atoms with Gasteiger partial charge in [-0.15, -0.1) is 0 Å². The second-order valence-corrected chi connectivity index (χ2v) is 9.75. The first kappa shape index (κ1) is 23.7. The normalized spacial score (nSPS) is 17.1. The number of benzene rings is 1. The van der Waals surface area contributed by atoms with E-state index < -0.39 is 0 Å². The second kappa shape index (κ2) is 11.6. The van der Waals surface area contributed by atoms with E-state index in [9.17, 15) is 9.59 Å². The molecule has 1 saturated carbocycles. The molecule has 1 aliphatic heterocycles. The van der Waals surface area contributed by atoms with Gasteiger partial charge in [0.05, 0.1) is 17.5 Å². The largest absolute Gasteiger partial charge is 0.494 e. The van der Waals surface area contributed by atoms with Crippen LogP contribution >= 0.6 is 15.9 Å². The minimum Gasteiger partial charge on any atom is -0.494 e. The molecule has 0 N–H and O–H groups in total. The van der Waals surface area contributed by atoms with Crippen molar-refractivity contribution in [1.82, 2.24) is 19.8 Å². The summed E-state index contributed by atoms with van der Waals surface area (Å²) in [6, 6.07) is 7.46. The number of ether oxygens (including phenoxy) is 1. The lowest BCUT2D eigenvalue weighted by Gasteiger charge is -2.34. The van der Waals surface area contributed by atoms with E-state index in [2.05, 4.69) is 25.9 Å². The Bertz CT molecular complexity index is 939. The molecule has 0 radical (unpaired) electrons. The van der Waals surface area contributed by atoms with E-state index >= 15 is 0 Å². The van der Waals surface area contributed by atoms with Crippen molar-refractivity contribution in [2.75, 3.05) is 32.8 Å². The molecule has 2 fully saturated rings. The Labute approximate surface area is 203 Å². The molecule has 2 amide bonds. The van der Waals surface area contributed by atoms with Crippen molar-refractivity contribution in [3.05, 3.63) is 52.5 Å². The Balaban J connectivity index is 1.24. The fourth-order valence-electron chi connectivity index (χ4n) is 4.56. The minimum atomic E-state index is -0.0175. The van der Waals surface area contributed by atoms with Crippen LogP contribution in [0, 0.1) is 5.92 Å². The number of rotatable bonds is 7. The van der Waals surface area contributed by atoms with E-state index in [0.29, 0.717) is 44.2 Å². The fraction of sp³-hybridized carbons (Fsp3) is 0.520. The number of hydrogen-bond donors (Lipinski definition) is 0. The van der Waals surface area contributed by atoms with Crippen molar-refractivity contribution in [1.29, 1.82) is 0 Å². The molecule has 0 unspecified atom stereocenters. The van der Waals surface area contributed by atoms with E-state index in [-0.39, 0.29) is 18.2 Å². The molecule has 0 bridgehead atoms. The number of nitrogens with zero attached hydrogens (tertiary/aromatic N) is 4. The highest BCUT2D eigenvalue weighted by Crippen LogP contribution is 2.26. The Morgan fingerprint density at radius 1 is 1.00 bits per heavy atom. The highest BCUT2D eigenvalue weighted by molar-refractivity contribution is 9.10. The van der Waals surface area contributed by atoms with Gasteiger partial charge in [0.2, 0.25) is 5.91 Å². The smallest absolute Gasteiger partial charge is 0.254 e. The average Bonchev–Trinajstić information content (AvgIpc) is 2.86. The monoisotopic (exact) mass is 514 g/mol. The summed E-state index contributed by atoms with van der Waals surface area (Å²) in [4.78, 5) is 37.5. The van der Waals surface area contributed by atoms with Crippen LogP contribution in [-0.2, 0) is 11.2 Å². The molecule has 33 heavy (non-hydrogen) atoms. The maximum absolute atomic E-state index is 13.0. The second-order valence-electron chi connectivity index (χ2n) is 8.84. The zero-order valence-electron chi connectivity index (χ0n) is 18.9. The molecule has 0 spiro atoms. The molecule has 2 aromatic rings. The minimum absolute atomic E-state index is 0.0159. The number of hydrogen-bond acceptors (Lipinski definition) is 5. The molecule has 2 aliphatic rings. The van der Waals surface area contributed by atoms with Gasteiger partial charge in [0.25, 0.3) is 5.91 Å². The van der Waals surface area contributed by atoms with Crippen LogP contribution in [0.3, 0.4) is 0 Å². The van der Waals surface area contributed by atoms with Crippen LogP contribution in [0.5, 0.6) is 5.75 Å². The number of piperazine rings is 1. The van der Waals surface area contributed by atoms with Crippen molar-refractivity contribution in [3.8, 4) is 5.75 Å². The number of carbonyl (C=O) groups excluding carboxylic acids is 2. The summed E-state index contributed by atoms with van der Waals surface area (Å²) < 4.78 is 6.74. The first-order valence-corrected chi connectivity index (χ1v) is 12.6. The molecule has 7 nitrogen and oxygen atoms in total. The summed E-state index contributed by atoms with van der Waals surface area (Å²) in [6.07, 6.45) is 11.2. The average molecular weight is 515 g/mol. The van der Waals surface area contributed by atoms with Gasteiger partial charge in [0.1, 0.15) is 11.6 Å². The predicted molar refractivity (Wildman–Crippen MR) is 129 cm³/mol. The molecule has 2 heterocycles. The number of amides is 2. The summed E-state index contributed by atoms with van der Waals surface area (Å²) in [5, 5.41) is 0. The van der Waals surface area contributed by atoms with Gasteiger partial charge in [-0.1, -0.05) is 38.2 Å². The highest BCUT2D eigenvalue weighted by atomic mass is 79.9. The topological polar surface area (TPSA) is 75.6 Å². The fourth-order valence-corrected chi connectivity index (χ4v) is 4.76. The third kappa shape index (κ3) is 6.76. The summed E-state index contributed by atoms with van der Waals surface area (Å²) in [5.74, 6) is 1.99. The van der Waals surface area contributed by atoms with E-state index in [1.807, 2.05) is 24.3 Å². The molecule has 1 aromatic heterocycles. The van der Waals surface area contributed by atoms with E-state index in [0.717, 1.165) is 22.6 Å². The van der Waals surface area contributed by atoms with Gasteiger partial charge in [0.15, 0.2) is 0 Å². The van der Waals surface area contributed by atoms with Gasteiger partial charge in [0, 0.05) is 44.1 Å². The van der Waals surface area contributed by atoms with Gasteiger partial charge < -0.3 is 14.5 Å². The first-order valence-electron chi connectivity index (χ1n) is 11.8. The van der Waals surface area contributed by atoms with E-state index in [1.165, 1.54) is 32.1 Å². The summed E-state index contributed by atoms with van der Waals surface area (Å²) in [6.45, 7) is 2.75. The van der Waals surface area contributed by atoms with Crippen molar-refractivity contribution in [2.45, 2.75) is 44.9 Å². The Morgan fingerprint density at radius 2 is 1.70 bits per heavy atom. The number of halogens is 1. The molecule has 0 atom stereocenters. The van der Waals surface area contributed by atoms with Crippen LogP contribution in [0.1, 0.15) is 54.7 Å². The molecule has 176 valence electrons. The van der Waals surface area contributed by atoms with Crippen LogP contribution in [0.4, 0.5) is 0 Å². The van der Waals surface area contributed by atoms with Crippen LogP contribution < -0.4 is 4.74 Å². The quantitative estimate of drug-likeness (QED) is 0.555. The maximum atomic E-state index is 13.0. The van der Waals surface area contributed by atoms with Gasteiger partial charge >= 0.3 is 0 Å².